The normalized spacial score (nSPS) is 20.0. The van der Waals surface area contributed by atoms with Gasteiger partial charge in [0, 0.05) is 10.9 Å². The molecule has 1 N–H and O–H groups in total. The standard InChI is InChI=1S/C12H15NS/c1-3-9(2)13-12(10-6-7-10)11-5-4-8-14-11/h1,4-5,8-10,12-13H,6-7H2,2H3. The minimum absolute atomic E-state index is 0.169. The highest BCUT2D eigenvalue weighted by molar-refractivity contribution is 7.10. The number of terminal acetylenes is 1. The first-order chi connectivity index (χ1) is 6.81. The number of hydrogen-bond donors (Lipinski definition) is 1. The lowest BCUT2D eigenvalue weighted by molar-refractivity contribution is 0.469. The molecule has 1 aliphatic carbocycles. The molecule has 2 rings (SSSR count). The van der Waals surface area contributed by atoms with Crippen molar-refractivity contribution in [2.24, 2.45) is 5.92 Å². The first-order valence-electron chi connectivity index (χ1n) is 5.07. The van der Waals surface area contributed by atoms with E-state index in [9.17, 15) is 0 Å². The van der Waals surface area contributed by atoms with E-state index < -0.39 is 0 Å². The van der Waals surface area contributed by atoms with Crippen LogP contribution in [0.15, 0.2) is 17.5 Å². The van der Waals surface area contributed by atoms with Crippen molar-refractivity contribution in [3.05, 3.63) is 22.4 Å². The summed E-state index contributed by atoms with van der Waals surface area (Å²) < 4.78 is 0. The van der Waals surface area contributed by atoms with Crippen LogP contribution in [0.4, 0.5) is 0 Å². The third-order valence-corrected chi connectivity index (χ3v) is 3.58. The van der Waals surface area contributed by atoms with Crippen LogP contribution < -0.4 is 5.32 Å². The van der Waals surface area contributed by atoms with Gasteiger partial charge >= 0.3 is 0 Å². The third kappa shape index (κ3) is 2.17. The Kier molecular flexibility index (Phi) is 2.90. The van der Waals surface area contributed by atoms with E-state index in [1.807, 2.05) is 18.3 Å². The molecule has 0 bridgehead atoms. The molecule has 1 saturated carbocycles. The van der Waals surface area contributed by atoms with Crippen molar-refractivity contribution in [2.75, 3.05) is 0 Å². The molecule has 1 aromatic rings. The Balaban J connectivity index is 2.05. The van der Waals surface area contributed by atoms with E-state index in [2.05, 4.69) is 28.8 Å². The Labute approximate surface area is 89.5 Å². The van der Waals surface area contributed by atoms with Gasteiger partial charge in [-0.25, -0.2) is 0 Å². The molecule has 2 heteroatoms. The van der Waals surface area contributed by atoms with Gasteiger partial charge in [0.2, 0.25) is 0 Å². The zero-order valence-corrected chi connectivity index (χ0v) is 9.18. The van der Waals surface area contributed by atoms with Crippen LogP contribution in [0.1, 0.15) is 30.7 Å². The monoisotopic (exact) mass is 205 g/mol. The van der Waals surface area contributed by atoms with Crippen molar-refractivity contribution in [1.82, 2.24) is 5.32 Å². The highest BCUT2D eigenvalue weighted by atomic mass is 32.1. The largest absolute Gasteiger partial charge is 0.296 e. The lowest BCUT2D eigenvalue weighted by atomic mass is 10.1. The molecular weight excluding hydrogens is 190 g/mol. The van der Waals surface area contributed by atoms with E-state index in [4.69, 9.17) is 6.42 Å². The number of hydrogen-bond acceptors (Lipinski definition) is 2. The van der Waals surface area contributed by atoms with E-state index >= 15 is 0 Å². The van der Waals surface area contributed by atoms with E-state index in [1.54, 1.807) is 0 Å². The van der Waals surface area contributed by atoms with Gasteiger partial charge in [-0.3, -0.25) is 5.32 Å². The molecule has 1 aromatic heterocycles. The van der Waals surface area contributed by atoms with Gasteiger partial charge in [0.05, 0.1) is 6.04 Å². The SMILES string of the molecule is C#CC(C)NC(c1cccs1)C1CC1. The topological polar surface area (TPSA) is 12.0 Å². The summed E-state index contributed by atoms with van der Waals surface area (Å²) in [6, 6.07) is 4.96. The highest BCUT2D eigenvalue weighted by Gasteiger charge is 2.33. The van der Waals surface area contributed by atoms with Crippen molar-refractivity contribution in [2.45, 2.75) is 31.8 Å². The van der Waals surface area contributed by atoms with E-state index in [0.29, 0.717) is 6.04 Å². The minimum atomic E-state index is 0.169. The van der Waals surface area contributed by atoms with Crippen LogP contribution in [0.3, 0.4) is 0 Å². The maximum atomic E-state index is 5.39. The highest BCUT2D eigenvalue weighted by Crippen LogP contribution is 2.42. The van der Waals surface area contributed by atoms with Crippen LogP contribution in [0.25, 0.3) is 0 Å². The van der Waals surface area contributed by atoms with Gasteiger partial charge in [-0.2, -0.15) is 0 Å². The molecule has 2 atom stereocenters. The van der Waals surface area contributed by atoms with Crippen LogP contribution in [0, 0.1) is 18.3 Å². The van der Waals surface area contributed by atoms with Gasteiger partial charge in [-0.05, 0) is 37.1 Å². The molecular formula is C12H15NS. The maximum Gasteiger partial charge on any atom is 0.0663 e. The molecule has 0 radical (unpaired) electrons. The molecule has 0 aromatic carbocycles. The molecule has 1 aliphatic rings. The predicted octanol–water partition coefficient (Wildman–Crippen LogP) is 2.81. The lowest BCUT2D eigenvalue weighted by Crippen LogP contribution is -2.30. The summed E-state index contributed by atoms with van der Waals surface area (Å²) in [5.74, 6) is 3.54. The zero-order valence-electron chi connectivity index (χ0n) is 8.36. The van der Waals surface area contributed by atoms with Crippen molar-refractivity contribution in [3.63, 3.8) is 0 Å². The van der Waals surface area contributed by atoms with Gasteiger partial charge in [-0.1, -0.05) is 12.0 Å². The fourth-order valence-corrected chi connectivity index (χ4v) is 2.54. The Bertz CT molecular complexity index is 319. The summed E-state index contributed by atoms with van der Waals surface area (Å²) in [5.41, 5.74) is 0. The summed E-state index contributed by atoms with van der Waals surface area (Å²) >= 11 is 1.82. The summed E-state index contributed by atoms with van der Waals surface area (Å²) in [5, 5.41) is 5.64. The first-order valence-corrected chi connectivity index (χ1v) is 5.95. The number of nitrogens with one attached hydrogen (secondary N) is 1. The summed E-state index contributed by atoms with van der Waals surface area (Å²) in [7, 11) is 0. The Morgan fingerprint density at radius 2 is 2.43 bits per heavy atom. The van der Waals surface area contributed by atoms with Crippen LogP contribution in [-0.4, -0.2) is 6.04 Å². The molecule has 14 heavy (non-hydrogen) atoms. The Morgan fingerprint density at radius 3 is 2.93 bits per heavy atom. The van der Waals surface area contributed by atoms with Gasteiger partial charge in [0.15, 0.2) is 0 Å². The summed E-state index contributed by atoms with van der Waals surface area (Å²) in [4.78, 5) is 1.43. The lowest BCUT2D eigenvalue weighted by Gasteiger charge is -2.18. The van der Waals surface area contributed by atoms with E-state index in [-0.39, 0.29) is 6.04 Å². The van der Waals surface area contributed by atoms with Crippen molar-refractivity contribution in [3.8, 4) is 12.3 Å². The van der Waals surface area contributed by atoms with Crippen LogP contribution in [0.2, 0.25) is 0 Å². The molecule has 0 spiro atoms. The average molecular weight is 205 g/mol. The van der Waals surface area contributed by atoms with Gasteiger partial charge < -0.3 is 0 Å². The second kappa shape index (κ2) is 4.16. The minimum Gasteiger partial charge on any atom is -0.296 e. The third-order valence-electron chi connectivity index (χ3n) is 2.62. The van der Waals surface area contributed by atoms with E-state index in [1.165, 1.54) is 17.7 Å². The van der Waals surface area contributed by atoms with Gasteiger partial charge in [0.1, 0.15) is 0 Å². The predicted molar refractivity (Wildman–Crippen MR) is 61.2 cm³/mol. The molecule has 74 valence electrons. The molecule has 2 unspecified atom stereocenters. The van der Waals surface area contributed by atoms with Gasteiger partial charge in [-0.15, -0.1) is 17.8 Å². The summed E-state index contributed by atoms with van der Waals surface area (Å²) in [6.07, 6.45) is 8.07. The second-order valence-electron chi connectivity index (χ2n) is 3.89. The Morgan fingerprint density at radius 1 is 1.64 bits per heavy atom. The quantitative estimate of drug-likeness (QED) is 0.745. The number of rotatable bonds is 4. The Hall–Kier alpha value is -0.780. The van der Waals surface area contributed by atoms with Crippen LogP contribution in [0.5, 0.6) is 0 Å². The zero-order chi connectivity index (χ0) is 9.97. The molecule has 0 amide bonds. The van der Waals surface area contributed by atoms with Crippen LogP contribution in [-0.2, 0) is 0 Å². The van der Waals surface area contributed by atoms with Crippen molar-refractivity contribution >= 4 is 11.3 Å². The first kappa shape index (κ1) is 9.76. The molecule has 1 heterocycles. The van der Waals surface area contributed by atoms with Crippen LogP contribution >= 0.6 is 11.3 Å². The smallest absolute Gasteiger partial charge is 0.0663 e. The number of thiophene rings is 1. The van der Waals surface area contributed by atoms with Gasteiger partial charge in [0.25, 0.3) is 0 Å². The van der Waals surface area contributed by atoms with Crippen molar-refractivity contribution in [1.29, 1.82) is 0 Å². The fraction of sp³-hybridized carbons (Fsp3) is 0.500. The fourth-order valence-electron chi connectivity index (χ4n) is 1.67. The molecule has 1 nitrogen and oxygen atoms in total. The summed E-state index contributed by atoms with van der Waals surface area (Å²) in [6.45, 7) is 2.04. The second-order valence-corrected chi connectivity index (χ2v) is 4.86. The average Bonchev–Trinajstić information content (AvgIpc) is 2.89. The van der Waals surface area contributed by atoms with E-state index in [0.717, 1.165) is 5.92 Å². The maximum absolute atomic E-state index is 5.39. The molecule has 1 fully saturated rings. The molecule has 0 aliphatic heterocycles. The van der Waals surface area contributed by atoms with Crippen molar-refractivity contribution < 1.29 is 0 Å². The molecule has 0 saturated heterocycles.